The Hall–Kier alpha value is -1.31. The molecule has 6 nitrogen and oxygen atoms in total. The number of hydrogen-bond acceptors (Lipinski definition) is 6. The van der Waals surface area contributed by atoms with E-state index in [1.165, 1.54) is 12.1 Å². The maximum atomic E-state index is 11.0. The number of nitrogens with one attached hydrogen (secondary N) is 1. The molecule has 27 heavy (non-hydrogen) atoms. The molecule has 1 saturated heterocycles. The number of halogens is 1. The van der Waals surface area contributed by atoms with Crippen molar-refractivity contribution in [1.82, 2.24) is 0 Å². The molecule has 0 radical (unpaired) electrons. The minimum Gasteiger partial charge on any atom is -0.370 e. The molecule has 1 N–H and O–H groups in total. The van der Waals surface area contributed by atoms with E-state index in [1.54, 1.807) is 12.1 Å². The molecule has 144 valence electrons. The van der Waals surface area contributed by atoms with Crippen molar-refractivity contribution < 1.29 is 14.0 Å². The number of rotatable bonds is 5. The van der Waals surface area contributed by atoms with Crippen molar-refractivity contribution in [3.8, 4) is 0 Å². The lowest BCUT2D eigenvalue weighted by atomic mass is 9.97. The quantitative estimate of drug-likeness (QED) is 0.335. The van der Waals surface area contributed by atoms with Gasteiger partial charge in [0, 0.05) is 27.7 Å². The minimum atomic E-state index is -2.70. The number of nitro groups is 1. The van der Waals surface area contributed by atoms with E-state index in [2.05, 4.69) is 35.1 Å². The zero-order valence-electron chi connectivity index (χ0n) is 14.9. The summed E-state index contributed by atoms with van der Waals surface area (Å²) in [5.74, 6) is -0.412. The fourth-order valence-electron chi connectivity index (χ4n) is 2.58. The summed E-state index contributed by atoms with van der Waals surface area (Å²) in [6, 6.07) is 14.1. The Balaban J connectivity index is 1.94. The van der Waals surface area contributed by atoms with Crippen LogP contribution in [0.3, 0.4) is 0 Å². The molecule has 1 atom stereocenters. The van der Waals surface area contributed by atoms with Crippen molar-refractivity contribution in [3.63, 3.8) is 0 Å². The monoisotopic (exact) mass is 470 g/mol. The molecule has 0 saturated carbocycles. The van der Waals surface area contributed by atoms with Gasteiger partial charge in [0.1, 0.15) is 5.78 Å². The van der Waals surface area contributed by atoms with Gasteiger partial charge in [0.2, 0.25) is 6.49 Å². The molecule has 0 aliphatic carbocycles. The van der Waals surface area contributed by atoms with Crippen LogP contribution in [0.4, 0.5) is 11.4 Å². The summed E-state index contributed by atoms with van der Waals surface area (Å²) in [7, 11) is 0. The lowest BCUT2D eigenvalue weighted by Gasteiger charge is -2.40. The highest BCUT2D eigenvalue weighted by atomic mass is 79.9. The van der Waals surface area contributed by atoms with Gasteiger partial charge in [-0.05, 0) is 53.8 Å². The Kier molecular flexibility index (Phi) is 6.03. The summed E-state index contributed by atoms with van der Waals surface area (Å²) in [6.45, 7) is 2.45. The van der Waals surface area contributed by atoms with Gasteiger partial charge in [-0.3, -0.25) is 10.1 Å². The van der Waals surface area contributed by atoms with Crippen LogP contribution in [0.5, 0.6) is 0 Å². The molecule has 2 aromatic carbocycles. The van der Waals surface area contributed by atoms with E-state index >= 15 is 0 Å². The van der Waals surface area contributed by atoms with Crippen LogP contribution in [0.15, 0.2) is 53.0 Å². The first kappa shape index (κ1) is 20.4. The summed E-state index contributed by atoms with van der Waals surface area (Å²) < 4.78 is 13.1. The molecule has 3 rings (SSSR count). The highest BCUT2D eigenvalue weighted by molar-refractivity contribution is 9.10. The first-order chi connectivity index (χ1) is 12.7. The van der Waals surface area contributed by atoms with E-state index in [0.29, 0.717) is 13.2 Å². The number of hydrogen-bond donors (Lipinski definition) is 1. The van der Waals surface area contributed by atoms with Gasteiger partial charge in [-0.25, -0.2) is 0 Å². The van der Waals surface area contributed by atoms with Crippen LogP contribution < -0.4 is 5.32 Å². The van der Waals surface area contributed by atoms with Crippen LogP contribution >= 0.6 is 22.4 Å². The lowest BCUT2D eigenvalue weighted by molar-refractivity contribution is -0.384. The largest absolute Gasteiger partial charge is 0.370 e. The minimum absolute atomic E-state index is 0.0320. The highest BCUT2D eigenvalue weighted by Gasteiger charge is 2.40. The van der Waals surface area contributed by atoms with E-state index in [9.17, 15) is 10.1 Å². The Labute approximate surface area is 171 Å². The number of non-ortho nitro benzene ring substituents is 1. The zero-order chi connectivity index (χ0) is 19.7. The Morgan fingerprint density at radius 2 is 1.70 bits per heavy atom. The average Bonchev–Trinajstić information content (AvgIpc) is 2.64. The molecule has 0 amide bonds. The molecule has 1 aliphatic heterocycles. The normalized spacial score (nSPS) is 19.2. The average molecular weight is 471 g/mol. The van der Waals surface area contributed by atoms with Crippen molar-refractivity contribution >= 4 is 45.6 Å². The van der Waals surface area contributed by atoms with Gasteiger partial charge in [0.25, 0.3) is 5.69 Å². The molecule has 1 fully saturated rings. The van der Waals surface area contributed by atoms with E-state index < -0.39 is 17.2 Å². The number of nitro benzene ring substituents is 1. The van der Waals surface area contributed by atoms with Gasteiger partial charge in [-0.15, -0.1) is 0 Å². The van der Waals surface area contributed by atoms with Gasteiger partial charge in [0.05, 0.1) is 18.1 Å². The molecule has 1 heterocycles. The van der Waals surface area contributed by atoms with Crippen molar-refractivity contribution in [1.29, 1.82) is 0 Å². The molecule has 9 heteroatoms. The number of anilines is 1. The van der Waals surface area contributed by atoms with Crippen LogP contribution in [0.1, 0.15) is 25.2 Å². The van der Waals surface area contributed by atoms with E-state index in [1.807, 2.05) is 24.3 Å². The van der Waals surface area contributed by atoms with Crippen LogP contribution in [0.25, 0.3) is 0 Å². The van der Waals surface area contributed by atoms with Crippen LogP contribution in [-0.2, 0) is 20.9 Å². The summed E-state index contributed by atoms with van der Waals surface area (Å²) in [6.07, 6.45) is 0. The number of nitrogens with zero attached hydrogens (tertiary/aromatic N) is 1. The number of benzene rings is 2. The maximum Gasteiger partial charge on any atom is 0.269 e. The van der Waals surface area contributed by atoms with Crippen molar-refractivity contribution in [3.05, 3.63) is 68.7 Å². The van der Waals surface area contributed by atoms with Crippen molar-refractivity contribution in [2.45, 2.75) is 19.6 Å². The Morgan fingerprint density at radius 1 is 1.15 bits per heavy atom. The van der Waals surface area contributed by atoms with Crippen molar-refractivity contribution in [2.24, 2.45) is 5.41 Å². The SMILES string of the molecule is CC1(C)COP(=S)([C@@H](Nc2ccc(Br)cc2)c2ccc([N+](=O)[O-])cc2)OC1. The Bertz CT molecular complexity index is 860. The summed E-state index contributed by atoms with van der Waals surface area (Å²) in [4.78, 5) is 10.5. The molecule has 0 spiro atoms. The third-order valence-corrected chi connectivity index (χ3v) is 7.99. The van der Waals surface area contributed by atoms with Crippen molar-refractivity contribution in [2.75, 3.05) is 18.5 Å². The van der Waals surface area contributed by atoms with Gasteiger partial charge in [0.15, 0.2) is 0 Å². The second-order valence-corrected chi connectivity index (χ2v) is 11.7. The van der Waals surface area contributed by atoms with Gasteiger partial charge >= 0.3 is 0 Å². The van der Waals surface area contributed by atoms with E-state index in [4.69, 9.17) is 20.9 Å². The summed E-state index contributed by atoms with van der Waals surface area (Å²) in [5.41, 5.74) is 1.60. The second-order valence-electron chi connectivity index (χ2n) is 7.15. The molecule has 0 aromatic heterocycles. The third kappa shape index (κ3) is 4.95. The first-order valence-electron chi connectivity index (χ1n) is 8.34. The second kappa shape index (κ2) is 7.97. The first-order valence-corrected chi connectivity index (χ1v) is 11.8. The van der Waals surface area contributed by atoms with E-state index in [0.717, 1.165) is 15.7 Å². The van der Waals surface area contributed by atoms with Crippen LogP contribution in [-0.4, -0.2) is 18.1 Å². The fourth-order valence-corrected chi connectivity index (χ4v) is 5.96. The molecule has 0 bridgehead atoms. The molecule has 2 aromatic rings. The third-order valence-electron chi connectivity index (χ3n) is 4.15. The van der Waals surface area contributed by atoms with Crippen LogP contribution in [0.2, 0.25) is 0 Å². The predicted octanol–water partition coefficient (Wildman–Crippen LogP) is 5.85. The summed E-state index contributed by atoms with van der Waals surface area (Å²) >= 11 is 9.25. The molecule has 0 unspecified atom stereocenters. The summed E-state index contributed by atoms with van der Waals surface area (Å²) in [5, 5.41) is 14.4. The molecular formula is C18H20BrN2O4PS. The van der Waals surface area contributed by atoms with E-state index in [-0.39, 0.29) is 11.1 Å². The molecule has 1 aliphatic rings. The van der Waals surface area contributed by atoms with Crippen LogP contribution in [0, 0.1) is 15.5 Å². The van der Waals surface area contributed by atoms with Gasteiger partial charge in [-0.1, -0.05) is 29.8 Å². The topological polar surface area (TPSA) is 73.6 Å². The predicted molar refractivity (Wildman–Crippen MR) is 114 cm³/mol. The standard InChI is InChI=1S/C18H20BrN2O4PS/c1-18(2)11-24-26(27,25-12-18)17(20-15-7-5-14(19)6-8-15)13-3-9-16(10-4-13)21(22)23/h3-10,17,20H,11-12H2,1-2H3/t17-/m1/s1. The fraction of sp³-hybridized carbons (Fsp3) is 0.333. The smallest absolute Gasteiger partial charge is 0.269 e. The van der Waals surface area contributed by atoms with Gasteiger partial charge in [-0.2, -0.15) is 0 Å². The zero-order valence-corrected chi connectivity index (χ0v) is 18.2. The lowest BCUT2D eigenvalue weighted by Crippen LogP contribution is -2.31. The van der Waals surface area contributed by atoms with Gasteiger partial charge < -0.3 is 14.4 Å². The maximum absolute atomic E-state index is 11.0. The molecular weight excluding hydrogens is 451 g/mol. The highest BCUT2D eigenvalue weighted by Crippen LogP contribution is 2.64. The Morgan fingerprint density at radius 3 is 2.22 bits per heavy atom.